The fraction of sp³-hybridized carbons (Fsp3) is 0.480. The Hall–Kier alpha value is -3.27. The second-order valence-corrected chi connectivity index (χ2v) is 10.00. The van der Waals surface area contributed by atoms with E-state index in [0.29, 0.717) is 18.0 Å². The number of ether oxygens (including phenoxy) is 3. The number of amides is 1. The number of halogens is 2. The Morgan fingerprint density at radius 3 is 2.83 bits per heavy atom. The zero-order valence-corrected chi connectivity index (χ0v) is 19.3. The number of alkyl halides is 2. The summed E-state index contributed by atoms with van der Waals surface area (Å²) in [5, 5.41) is 2.65. The molecule has 2 unspecified atom stereocenters. The van der Waals surface area contributed by atoms with Crippen molar-refractivity contribution in [1.82, 2.24) is 14.4 Å². The summed E-state index contributed by atoms with van der Waals surface area (Å²) in [6.45, 7) is -0.273. The van der Waals surface area contributed by atoms with Crippen molar-refractivity contribution in [1.29, 1.82) is 0 Å². The lowest BCUT2D eigenvalue weighted by Gasteiger charge is -2.27. The first kappa shape index (κ1) is 22.2. The summed E-state index contributed by atoms with van der Waals surface area (Å²) in [4.78, 5) is 22.0. The van der Waals surface area contributed by atoms with E-state index in [2.05, 4.69) is 22.0 Å². The molecule has 1 amide bonds. The normalized spacial score (nSPS) is 25.7. The molecular formula is C25H26F2N4O4. The smallest absolute Gasteiger partial charge is 0.388 e. The number of anilines is 1. The van der Waals surface area contributed by atoms with E-state index >= 15 is 0 Å². The first-order chi connectivity index (χ1) is 16.8. The van der Waals surface area contributed by atoms with E-state index in [4.69, 9.17) is 14.5 Å². The predicted molar refractivity (Wildman–Crippen MR) is 122 cm³/mol. The summed E-state index contributed by atoms with van der Waals surface area (Å²) < 4.78 is 44.1. The number of nitrogens with one attached hydrogen (secondary N) is 1. The summed E-state index contributed by atoms with van der Waals surface area (Å²) in [6, 6.07) is 4.76. The first-order valence-corrected chi connectivity index (χ1v) is 11.9. The van der Waals surface area contributed by atoms with Gasteiger partial charge < -0.3 is 23.9 Å². The van der Waals surface area contributed by atoms with E-state index in [1.54, 1.807) is 12.3 Å². The Kier molecular flexibility index (Phi) is 5.17. The average Bonchev–Trinajstić information content (AvgIpc) is 3.47. The molecule has 184 valence electrons. The van der Waals surface area contributed by atoms with Crippen molar-refractivity contribution in [3.8, 4) is 11.6 Å². The van der Waals surface area contributed by atoms with Gasteiger partial charge in [0.2, 0.25) is 5.88 Å². The zero-order chi connectivity index (χ0) is 24.2. The molecule has 35 heavy (non-hydrogen) atoms. The molecule has 0 spiro atoms. The van der Waals surface area contributed by atoms with Crippen LogP contribution in [0.15, 0.2) is 36.8 Å². The lowest BCUT2D eigenvalue weighted by atomic mass is 9.84. The molecule has 8 nitrogen and oxygen atoms in total. The van der Waals surface area contributed by atoms with Crippen LogP contribution in [-0.4, -0.2) is 45.2 Å². The van der Waals surface area contributed by atoms with Crippen molar-refractivity contribution in [2.45, 2.75) is 69.2 Å². The summed E-state index contributed by atoms with van der Waals surface area (Å²) >= 11 is 0. The standard InChI is InChI=1S/C25H26F2N4O4/c1-24-7-8-25(13-24,14-33-24)19-12-31-11-16(18(10-20(31)30-19)34-15-4-2-5-15)21(32)29-17-6-3-9-28-22(17)35-23(26)27/h3,6,9-12,15,23H,2,4-5,7-8,13-14H2,1H3,(H,29,32). The fourth-order valence-corrected chi connectivity index (χ4v) is 5.31. The molecule has 6 rings (SSSR count). The van der Waals surface area contributed by atoms with E-state index in [0.717, 1.165) is 44.2 Å². The number of hydrogen-bond acceptors (Lipinski definition) is 6. The molecule has 2 atom stereocenters. The van der Waals surface area contributed by atoms with Crippen molar-refractivity contribution in [3.05, 3.63) is 48.0 Å². The highest BCUT2D eigenvalue weighted by Gasteiger charge is 2.55. The van der Waals surface area contributed by atoms with Crippen LogP contribution in [0.25, 0.3) is 5.65 Å². The van der Waals surface area contributed by atoms with Gasteiger partial charge in [0, 0.05) is 30.1 Å². The lowest BCUT2D eigenvalue weighted by Crippen LogP contribution is -2.26. The molecule has 3 aromatic rings. The van der Waals surface area contributed by atoms with Crippen LogP contribution in [0.4, 0.5) is 14.5 Å². The van der Waals surface area contributed by atoms with Crippen LogP contribution in [0, 0.1) is 0 Å². The van der Waals surface area contributed by atoms with Crippen LogP contribution < -0.4 is 14.8 Å². The first-order valence-electron chi connectivity index (χ1n) is 11.9. The van der Waals surface area contributed by atoms with Crippen LogP contribution in [0.3, 0.4) is 0 Å². The molecule has 0 aromatic carbocycles. The van der Waals surface area contributed by atoms with E-state index in [-0.39, 0.29) is 34.3 Å². The van der Waals surface area contributed by atoms with Crippen molar-refractivity contribution >= 4 is 17.2 Å². The number of pyridine rings is 2. The van der Waals surface area contributed by atoms with E-state index in [1.807, 2.05) is 10.6 Å². The second kappa shape index (κ2) is 8.15. The SMILES string of the molecule is CC12CCC(c3cn4cc(C(=O)Nc5cccnc5OC(F)F)c(OC5CCC5)cc4n3)(CO1)C2. The highest BCUT2D eigenvalue weighted by Crippen LogP contribution is 2.53. The molecule has 10 heteroatoms. The molecule has 1 N–H and O–H groups in total. The molecule has 3 aromatic heterocycles. The average molecular weight is 485 g/mol. The molecule has 0 radical (unpaired) electrons. The Morgan fingerprint density at radius 2 is 2.17 bits per heavy atom. The van der Waals surface area contributed by atoms with Crippen LogP contribution in [0.1, 0.15) is 61.5 Å². The topological polar surface area (TPSA) is 87.0 Å². The van der Waals surface area contributed by atoms with Gasteiger partial charge in [-0.2, -0.15) is 8.78 Å². The third-order valence-corrected chi connectivity index (χ3v) is 7.45. The number of carbonyl (C=O) groups is 1. The maximum Gasteiger partial charge on any atom is 0.388 e. The Morgan fingerprint density at radius 1 is 1.31 bits per heavy atom. The highest BCUT2D eigenvalue weighted by atomic mass is 19.3. The Bertz CT molecular complexity index is 1280. The summed E-state index contributed by atoms with van der Waals surface area (Å²) in [5.41, 5.74) is 1.74. The molecule has 2 saturated carbocycles. The monoisotopic (exact) mass is 484 g/mol. The second-order valence-electron chi connectivity index (χ2n) is 10.00. The van der Waals surface area contributed by atoms with Crippen LogP contribution >= 0.6 is 0 Å². The summed E-state index contributed by atoms with van der Waals surface area (Å²) in [6.07, 6.45) is 10.8. The quantitative estimate of drug-likeness (QED) is 0.522. The summed E-state index contributed by atoms with van der Waals surface area (Å²) in [7, 11) is 0. The molecular weight excluding hydrogens is 458 g/mol. The summed E-state index contributed by atoms with van der Waals surface area (Å²) in [5.74, 6) is -0.458. The minimum absolute atomic E-state index is 0.0342. The van der Waals surface area contributed by atoms with Gasteiger partial charge in [-0.05, 0) is 57.6 Å². The Balaban J connectivity index is 1.35. The number of imidazole rings is 1. The molecule has 2 aliphatic carbocycles. The van der Waals surface area contributed by atoms with Crippen LogP contribution in [0.5, 0.6) is 11.6 Å². The molecule has 3 fully saturated rings. The van der Waals surface area contributed by atoms with Crippen molar-refractivity contribution < 1.29 is 27.8 Å². The van der Waals surface area contributed by atoms with Crippen LogP contribution in [-0.2, 0) is 10.2 Å². The van der Waals surface area contributed by atoms with Crippen molar-refractivity contribution in [2.75, 3.05) is 11.9 Å². The predicted octanol–water partition coefficient (Wildman–Crippen LogP) is 4.72. The molecule has 3 aliphatic rings. The minimum Gasteiger partial charge on any atom is -0.489 e. The minimum atomic E-state index is -3.06. The van der Waals surface area contributed by atoms with Gasteiger partial charge in [-0.15, -0.1) is 0 Å². The van der Waals surface area contributed by atoms with Crippen molar-refractivity contribution in [2.24, 2.45) is 0 Å². The number of rotatable bonds is 7. The maximum atomic E-state index is 13.3. The van der Waals surface area contributed by atoms with Crippen molar-refractivity contribution in [3.63, 3.8) is 0 Å². The molecule has 1 aliphatic heterocycles. The molecule has 4 heterocycles. The van der Waals surface area contributed by atoms with Gasteiger partial charge in [0.05, 0.1) is 29.6 Å². The fourth-order valence-electron chi connectivity index (χ4n) is 5.31. The largest absolute Gasteiger partial charge is 0.489 e. The van der Waals surface area contributed by atoms with Gasteiger partial charge in [-0.25, -0.2) is 9.97 Å². The third-order valence-electron chi connectivity index (χ3n) is 7.45. The number of fused-ring (bicyclic) bond motifs is 3. The van der Waals surface area contributed by atoms with Gasteiger partial charge in [0.1, 0.15) is 17.1 Å². The number of hydrogen-bond donors (Lipinski definition) is 1. The van der Waals surface area contributed by atoms with Gasteiger partial charge in [-0.1, -0.05) is 0 Å². The van der Waals surface area contributed by atoms with Crippen LogP contribution in [0.2, 0.25) is 0 Å². The van der Waals surface area contributed by atoms with E-state index in [9.17, 15) is 13.6 Å². The van der Waals surface area contributed by atoms with Gasteiger partial charge >= 0.3 is 6.61 Å². The van der Waals surface area contributed by atoms with Gasteiger partial charge in [0.25, 0.3) is 5.91 Å². The zero-order valence-electron chi connectivity index (χ0n) is 19.3. The number of aromatic nitrogens is 3. The van der Waals surface area contributed by atoms with E-state index < -0.39 is 12.5 Å². The molecule has 2 bridgehead atoms. The number of nitrogens with zero attached hydrogens (tertiary/aromatic N) is 3. The lowest BCUT2D eigenvalue weighted by molar-refractivity contribution is -0.0523. The third kappa shape index (κ3) is 3.99. The van der Waals surface area contributed by atoms with Gasteiger partial charge in [-0.3, -0.25) is 4.79 Å². The number of carbonyl (C=O) groups excluding carboxylic acids is 1. The Labute approximate surface area is 200 Å². The van der Waals surface area contributed by atoms with E-state index in [1.165, 1.54) is 18.3 Å². The van der Waals surface area contributed by atoms with Gasteiger partial charge in [0.15, 0.2) is 0 Å². The maximum absolute atomic E-state index is 13.3. The highest BCUT2D eigenvalue weighted by molar-refractivity contribution is 6.06. The molecule has 1 saturated heterocycles.